The average Bonchev–Trinajstić information content (AvgIpc) is 2.79. The lowest BCUT2D eigenvalue weighted by Crippen LogP contribution is -2.63. The Bertz CT molecular complexity index is 1170. The van der Waals surface area contributed by atoms with E-state index in [-0.39, 0.29) is 48.4 Å². The van der Waals surface area contributed by atoms with Gasteiger partial charge in [0.15, 0.2) is 17.4 Å². The number of rotatable bonds is 4. The van der Waals surface area contributed by atoms with Crippen LogP contribution in [0.5, 0.6) is 17.4 Å². The van der Waals surface area contributed by atoms with Gasteiger partial charge in [0, 0.05) is 29.5 Å². The van der Waals surface area contributed by atoms with Crippen molar-refractivity contribution in [2.24, 2.45) is 0 Å². The summed E-state index contributed by atoms with van der Waals surface area (Å²) in [5.74, 6) is -1.24. The normalized spacial score (nSPS) is 15.6. The van der Waals surface area contributed by atoms with Crippen molar-refractivity contribution >= 4 is 11.8 Å². The van der Waals surface area contributed by atoms with Crippen LogP contribution < -0.4 is 15.2 Å². The van der Waals surface area contributed by atoms with Gasteiger partial charge in [-0.2, -0.15) is 5.10 Å². The van der Waals surface area contributed by atoms with Crippen LogP contribution in [0.15, 0.2) is 48.7 Å². The van der Waals surface area contributed by atoms with Crippen LogP contribution in [0.25, 0.3) is 0 Å². The number of ether oxygens (including phenoxy) is 3. The van der Waals surface area contributed by atoms with Gasteiger partial charge in [0.05, 0.1) is 25.4 Å². The molecule has 0 radical (unpaired) electrons. The molecule has 0 saturated carbocycles. The summed E-state index contributed by atoms with van der Waals surface area (Å²) >= 11 is 0. The molecule has 0 atom stereocenters. The molecule has 3 aromatic rings. The van der Waals surface area contributed by atoms with Crippen LogP contribution in [0.2, 0.25) is 0 Å². The van der Waals surface area contributed by atoms with Crippen LogP contribution in [0, 0.1) is 11.6 Å². The van der Waals surface area contributed by atoms with Gasteiger partial charge in [0.25, 0.3) is 0 Å². The first kappa shape index (κ1) is 22.4. The van der Waals surface area contributed by atoms with Crippen LogP contribution in [0.3, 0.4) is 0 Å². The number of amides is 1. The first-order valence-corrected chi connectivity index (χ1v) is 10.4. The zero-order valence-corrected chi connectivity index (χ0v) is 18.0. The molecule has 1 spiro atoms. The van der Waals surface area contributed by atoms with Crippen LogP contribution in [0.1, 0.15) is 25.0 Å². The van der Waals surface area contributed by atoms with E-state index in [9.17, 15) is 13.6 Å². The smallest absolute Gasteiger partial charge is 0.416 e. The Labute approximate surface area is 188 Å². The van der Waals surface area contributed by atoms with Gasteiger partial charge in [-0.15, -0.1) is 5.10 Å². The second-order valence-electron chi connectivity index (χ2n) is 7.24. The molecule has 0 unspecified atom stereocenters. The van der Waals surface area contributed by atoms with E-state index in [4.69, 9.17) is 19.9 Å². The van der Waals surface area contributed by atoms with E-state index in [0.29, 0.717) is 5.56 Å². The summed E-state index contributed by atoms with van der Waals surface area (Å²) in [4.78, 5) is 14.2. The van der Waals surface area contributed by atoms with Gasteiger partial charge in [0.2, 0.25) is 5.88 Å². The Hall–Kier alpha value is -3.79. The van der Waals surface area contributed by atoms with E-state index in [0.717, 1.165) is 0 Å². The Morgan fingerprint density at radius 2 is 1.97 bits per heavy atom. The van der Waals surface area contributed by atoms with Gasteiger partial charge < -0.3 is 19.9 Å². The van der Waals surface area contributed by atoms with Crippen LogP contribution in [0.4, 0.5) is 19.3 Å². The molecular formula is C23H22F2N4O4. The van der Waals surface area contributed by atoms with Crippen molar-refractivity contribution in [3.05, 3.63) is 71.4 Å². The predicted octanol–water partition coefficient (Wildman–Crippen LogP) is 4.40. The molecule has 3 heterocycles. The highest BCUT2D eigenvalue weighted by molar-refractivity contribution is 5.76. The van der Waals surface area contributed by atoms with Crippen molar-refractivity contribution in [2.45, 2.75) is 25.9 Å². The molecule has 2 N–H and O–H groups in total. The highest BCUT2D eigenvalue weighted by atomic mass is 19.1. The number of anilines is 1. The summed E-state index contributed by atoms with van der Waals surface area (Å²) < 4.78 is 45.6. The molecule has 0 aliphatic carbocycles. The Morgan fingerprint density at radius 3 is 2.64 bits per heavy atom. The number of benzene rings is 2. The highest BCUT2D eigenvalue weighted by Gasteiger charge is 2.54. The molecule has 1 fully saturated rings. The van der Waals surface area contributed by atoms with E-state index in [1.165, 1.54) is 41.4 Å². The maximum absolute atomic E-state index is 14.9. The zero-order chi connectivity index (χ0) is 23.6. The summed E-state index contributed by atoms with van der Waals surface area (Å²) in [5.41, 5.74) is 5.25. The van der Waals surface area contributed by atoms with E-state index in [2.05, 4.69) is 10.2 Å². The molecule has 1 aromatic heterocycles. The molecular weight excluding hydrogens is 434 g/mol. The largest absolute Gasteiger partial charge is 0.434 e. The molecule has 2 aliphatic rings. The molecule has 1 amide bonds. The number of fused-ring (bicyclic) bond motifs is 2. The zero-order valence-electron chi connectivity index (χ0n) is 18.0. The molecule has 0 bridgehead atoms. The minimum Gasteiger partial charge on any atom is -0.434 e. The number of hydrogen-bond donors (Lipinski definition) is 1. The Kier molecular flexibility index (Phi) is 6.10. The second-order valence-corrected chi connectivity index (χ2v) is 7.24. The minimum absolute atomic E-state index is 0.0287. The van der Waals surface area contributed by atoms with Gasteiger partial charge in [-0.3, -0.25) is 4.90 Å². The monoisotopic (exact) mass is 456 g/mol. The lowest BCUT2D eigenvalue weighted by molar-refractivity contribution is -0.143. The maximum Gasteiger partial charge on any atom is 0.416 e. The number of carbonyl (C=O) groups excluding carboxylic acids is 1. The highest BCUT2D eigenvalue weighted by Crippen LogP contribution is 2.47. The molecule has 2 aromatic carbocycles. The number of hydrogen-bond acceptors (Lipinski definition) is 7. The van der Waals surface area contributed by atoms with Gasteiger partial charge >= 0.3 is 6.09 Å². The number of nitrogens with two attached hydrogens (primary N) is 1. The van der Waals surface area contributed by atoms with Crippen LogP contribution in [-0.4, -0.2) is 34.4 Å². The predicted molar refractivity (Wildman–Crippen MR) is 115 cm³/mol. The van der Waals surface area contributed by atoms with Crippen molar-refractivity contribution in [1.29, 1.82) is 0 Å². The summed E-state index contributed by atoms with van der Waals surface area (Å²) in [5, 5.41) is 7.42. The maximum atomic E-state index is 14.9. The third kappa shape index (κ3) is 3.93. The fourth-order valence-corrected chi connectivity index (χ4v) is 3.70. The SMILES string of the molecule is CC.Nc1cccc(CN2C(=O)Oc3cc(Oc4cccnn4)c(F)cc3C23COC3)c1F. The van der Waals surface area contributed by atoms with Crippen molar-refractivity contribution in [3.63, 3.8) is 0 Å². The van der Waals surface area contributed by atoms with Gasteiger partial charge in [-0.05, 0) is 18.2 Å². The number of halogens is 2. The van der Waals surface area contributed by atoms with Gasteiger partial charge in [0.1, 0.15) is 11.3 Å². The molecule has 2 aliphatic heterocycles. The van der Waals surface area contributed by atoms with Gasteiger partial charge in [-0.25, -0.2) is 13.6 Å². The average molecular weight is 456 g/mol. The van der Waals surface area contributed by atoms with Crippen molar-refractivity contribution in [3.8, 4) is 17.4 Å². The first-order chi connectivity index (χ1) is 16.0. The number of nitrogen functional groups attached to an aromatic ring is 1. The fourth-order valence-electron chi connectivity index (χ4n) is 3.70. The molecule has 5 rings (SSSR count). The Balaban J connectivity index is 0.00000126. The quantitative estimate of drug-likeness (QED) is 0.581. The fraction of sp³-hybridized carbons (Fsp3) is 0.261. The van der Waals surface area contributed by atoms with E-state index in [1.807, 2.05) is 13.8 Å². The summed E-state index contributed by atoms with van der Waals surface area (Å²) in [6, 6.07) is 10.2. The van der Waals surface area contributed by atoms with Crippen LogP contribution in [-0.2, 0) is 16.8 Å². The second kappa shape index (κ2) is 8.99. The molecule has 8 nitrogen and oxygen atoms in total. The lowest BCUT2D eigenvalue weighted by atomic mass is 9.84. The van der Waals surface area contributed by atoms with Crippen molar-refractivity contribution in [1.82, 2.24) is 15.1 Å². The number of carbonyl (C=O) groups is 1. The van der Waals surface area contributed by atoms with Crippen molar-refractivity contribution in [2.75, 3.05) is 18.9 Å². The van der Waals surface area contributed by atoms with Crippen LogP contribution >= 0.6 is 0 Å². The van der Waals surface area contributed by atoms with E-state index >= 15 is 0 Å². The third-order valence-corrected chi connectivity index (χ3v) is 5.35. The molecule has 172 valence electrons. The summed E-state index contributed by atoms with van der Waals surface area (Å²) in [6.45, 7) is 4.11. The Morgan fingerprint density at radius 1 is 1.18 bits per heavy atom. The third-order valence-electron chi connectivity index (χ3n) is 5.35. The summed E-state index contributed by atoms with van der Waals surface area (Å²) in [7, 11) is 0. The molecule has 33 heavy (non-hydrogen) atoms. The molecule has 1 saturated heterocycles. The van der Waals surface area contributed by atoms with Crippen molar-refractivity contribution < 1.29 is 27.8 Å². The number of nitrogens with zero attached hydrogens (tertiary/aromatic N) is 3. The summed E-state index contributed by atoms with van der Waals surface area (Å²) in [6.07, 6.45) is 0.741. The molecule has 10 heteroatoms. The van der Waals surface area contributed by atoms with E-state index in [1.54, 1.807) is 12.1 Å². The van der Waals surface area contributed by atoms with Gasteiger partial charge in [-0.1, -0.05) is 26.0 Å². The standard InChI is InChI=1S/C21H16F2N4O4.C2H6/c22-14-7-13-16(8-17(14)30-18-5-2-6-25-26-18)31-20(28)27(21(13)10-29-11-21)9-12-3-1-4-15(24)19(12)23;1-2/h1-8H,9-11,24H2;1-2H3. The van der Waals surface area contributed by atoms with E-state index < -0.39 is 23.3 Å². The minimum atomic E-state index is -0.992. The lowest BCUT2D eigenvalue weighted by Gasteiger charge is -2.51. The number of aromatic nitrogens is 2. The first-order valence-electron chi connectivity index (χ1n) is 10.4. The topological polar surface area (TPSA) is 99.8 Å².